The lowest BCUT2D eigenvalue weighted by Gasteiger charge is -2.19. The summed E-state index contributed by atoms with van der Waals surface area (Å²) < 4.78 is 3.92. The lowest BCUT2D eigenvalue weighted by Crippen LogP contribution is -2.13. The summed E-state index contributed by atoms with van der Waals surface area (Å²) in [6.07, 6.45) is 7.48. The highest BCUT2D eigenvalue weighted by Gasteiger charge is 2.21. The monoisotopic (exact) mass is 368 g/mol. The van der Waals surface area contributed by atoms with Gasteiger partial charge >= 0.3 is 0 Å². The molecule has 0 aliphatic heterocycles. The molecule has 1 aromatic carbocycles. The Morgan fingerprint density at radius 3 is 2.48 bits per heavy atom. The molecule has 6 heteroatoms. The van der Waals surface area contributed by atoms with E-state index in [-0.39, 0.29) is 16.1 Å². The Hall–Kier alpha value is -1.10. The van der Waals surface area contributed by atoms with Gasteiger partial charge in [0.05, 0.1) is 0 Å². The number of halogens is 2. The maximum absolute atomic E-state index is 12.5. The molecule has 0 unspecified atom stereocenters. The van der Waals surface area contributed by atoms with Crippen LogP contribution >= 0.6 is 34.7 Å². The maximum Gasteiger partial charge on any atom is 0.268 e. The van der Waals surface area contributed by atoms with Crippen LogP contribution in [-0.2, 0) is 0 Å². The van der Waals surface area contributed by atoms with E-state index in [1.165, 1.54) is 44.1 Å². The van der Waals surface area contributed by atoms with Crippen LogP contribution in [-0.4, -0.2) is 10.3 Å². The normalized spacial score (nSPS) is 16.1. The molecule has 3 nitrogen and oxygen atoms in total. The molecule has 2 aromatic rings. The lowest BCUT2D eigenvalue weighted by atomic mass is 9.90. The van der Waals surface area contributed by atoms with Crippen LogP contribution < -0.4 is 5.32 Å². The van der Waals surface area contributed by atoms with Crippen molar-refractivity contribution in [2.75, 3.05) is 5.32 Å². The van der Waals surface area contributed by atoms with Gasteiger partial charge in [-0.2, -0.15) is 4.37 Å². The highest BCUT2D eigenvalue weighted by molar-refractivity contribution is 7.09. The quantitative estimate of drug-likeness (QED) is 0.660. The Bertz CT molecular complexity index is 694. The Morgan fingerprint density at radius 2 is 1.83 bits per heavy atom. The van der Waals surface area contributed by atoms with Crippen LogP contribution in [0.1, 0.15) is 59.7 Å². The van der Waals surface area contributed by atoms with Crippen molar-refractivity contribution in [2.24, 2.45) is 0 Å². The van der Waals surface area contributed by atoms with Gasteiger partial charge in [-0.1, -0.05) is 67.1 Å². The van der Waals surface area contributed by atoms with Crippen molar-refractivity contribution in [2.45, 2.75) is 44.4 Å². The molecule has 23 heavy (non-hydrogen) atoms. The molecule has 1 aliphatic rings. The number of amides is 1. The number of carbonyl (C=O) groups excluding carboxylic acids is 1. The van der Waals surface area contributed by atoms with Gasteiger partial charge in [0.15, 0.2) is 5.15 Å². The van der Waals surface area contributed by atoms with E-state index >= 15 is 0 Å². The first-order chi connectivity index (χ1) is 11.2. The van der Waals surface area contributed by atoms with Gasteiger partial charge in [-0.3, -0.25) is 4.79 Å². The summed E-state index contributed by atoms with van der Waals surface area (Å²) >= 11 is 12.9. The van der Waals surface area contributed by atoms with Gasteiger partial charge in [0.1, 0.15) is 9.90 Å². The van der Waals surface area contributed by atoms with Crippen molar-refractivity contribution in [1.29, 1.82) is 0 Å². The molecule has 0 saturated heterocycles. The summed E-state index contributed by atoms with van der Waals surface area (Å²) in [6.45, 7) is 0. The van der Waals surface area contributed by atoms with Crippen LogP contribution in [0, 0.1) is 0 Å². The first-order valence-electron chi connectivity index (χ1n) is 7.87. The van der Waals surface area contributed by atoms with Crippen molar-refractivity contribution in [3.63, 3.8) is 0 Å². The number of benzene rings is 1. The van der Waals surface area contributed by atoms with Crippen LogP contribution in [0.5, 0.6) is 0 Å². The molecule has 0 spiro atoms. The van der Waals surface area contributed by atoms with Crippen LogP contribution in [0.3, 0.4) is 0 Å². The van der Waals surface area contributed by atoms with Crippen molar-refractivity contribution in [3.8, 4) is 0 Å². The highest BCUT2D eigenvalue weighted by atomic mass is 35.5. The standard InChI is InChI=1S/C17H18Cl2N2OS/c18-14-15(23-21-16(14)19)17(22)20-13-10-6-5-9-12(13)11-7-3-1-2-4-8-11/h5-6,9-11H,1-4,7-8H2,(H,20,22). The van der Waals surface area contributed by atoms with Gasteiger partial charge in [-0.15, -0.1) is 0 Å². The molecule has 1 aliphatic carbocycles. The Kier molecular flexibility index (Phi) is 5.57. The van der Waals surface area contributed by atoms with Gasteiger partial charge in [-0.25, -0.2) is 0 Å². The SMILES string of the molecule is O=C(Nc1ccccc1C1CCCCCC1)c1snc(Cl)c1Cl. The fourth-order valence-corrected chi connectivity index (χ4v) is 4.25. The van der Waals surface area contributed by atoms with E-state index in [0.29, 0.717) is 10.8 Å². The minimum absolute atomic E-state index is 0.180. The third kappa shape index (κ3) is 3.87. The molecule has 1 N–H and O–H groups in total. The summed E-state index contributed by atoms with van der Waals surface area (Å²) in [5.41, 5.74) is 2.08. The topological polar surface area (TPSA) is 42.0 Å². The lowest BCUT2D eigenvalue weighted by molar-refractivity contribution is 0.103. The van der Waals surface area contributed by atoms with E-state index < -0.39 is 0 Å². The minimum Gasteiger partial charge on any atom is -0.321 e. The molecule has 122 valence electrons. The number of nitrogens with one attached hydrogen (secondary N) is 1. The summed E-state index contributed by atoms with van der Waals surface area (Å²) in [6, 6.07) is 8.05. The first-order valence-corrected chi connectivity index (χ1v) is 9.40. The third-order valence-electron chi connectivity index (χ3n) is 4.31. The molecule has 1 amide bonds. The zero-order valence-electron chi connectivity index (χ0n) is 12.6. The number of carbonyl (C=O) groups is 1. The zero-order chi connectivity index (χ0) is 16.2. The van der Waals surface area contributed by atoms with Gasteiger partial charge in [-0.05, 0) is 41.9 Å². The van der Waals surface area contributed by atoms with E-state index in [2.05, 4.69) is 15.8 Å². The minimum atomic E-state index is -0.250. The molecule has 0 atom stereocenters. The van der Waals surface area contributed by atoms with E-state index in [1.54, 1.807) is 0 Å². The van der Waals surface area contributed by atoms with Gasteiger partial charge in [0.2, 0.25) is 0 Å². The summed E-state index contributed by atoms with van der Waals surface area (Å²) in [5, 5.41) is 3.39. The summed E-state index contributed by atoms with van der Waals surface area (Å²) in [5.74, 6) is 0.259. The predicted octanol–water partition coefficient (Wildman–Crippen LogP) is 6.14. The van der Waals surface area contributed by atoms with Crippen LogP contribution in [0.2, 0.25) is 10.2 Å². The number of para-hydroxylation sites is 1. The number of aromatic nitrogens is 1. The van der Waals surface area contributed by atoms with Gasteiger partial charge in [0, 0.05) is 5.69 Å². The van der Waals surface area contributed by atoms with E-state index in [0.717, 1.165) is 17.2 Å². The Labute approximate surface area is 150 Å². The van der Waals surface area contributed by atoms with Crippen LogP contribution in [0.25, 0.3) is 0 Å². The summed E-state index contributed by atoms with van der Waals surface area (Å²) in [4.78, 5) is 12.8. The van der Waals surface area contributed by atoms with Crippen molar-refractivity contribution >= 4 is 46.3 Å². The second-order valence-electron chi connectivity index (χ2n) is 5.85. The van der Waals surface area contributed by atoms with Crippen molar-refractivity contribution in [1.82, 2.24) is 4.37 Å². The zero-order valence-corrected chi connectivity index (χ0v) is 15.0. The fraction of sp³-hybridized carbons (Fsp3) is 0.412. The van der Waals surface area contributed by atoms with E-state index in [9.17, 15) is 4.79 Å². The van der Waals surface area contributed by atoms with Crippen molar-refractivity contribution in [3.05, 3.63) is 44.9 Å². The molecule has 0 radical (unpaired) electrons. The van der Waals surface area contributed by atoms with Crippen LogP contribution in [0.15, 0.2) is 24.3 Å². The number of nitrogens with zero attached hydrogens (tertiary/aromatic N) is 1. The fourth-order valence-electron chi connectivity index (χ4n) is 3.14. The van der Waals surface area contributed by atoms with Gasteiger partial charge < -0.3 is 5.32 Å². The van der Waals surface area contributed by atoms with E-state index in [4.69, 9.17) is 23.2 Å². The third-order valence-corrected chi connectivity index (χ3v) is 6.10. The second kappa shape index (κ2) is 7.65. The van der Waals surface area contributed by atoms with Crippen molar-refractivity contribution < 1.29 is 4.79 Å². The first kappa shape index (κ1) is 16.7. The number of rotatable bonds is 3. The average molecular weight is 369 g/mol. The number of hydrogen-bond donors (Lipinski definition) is 1. The van der Waals surface area contributed by atoms with Crippen LogP contribution in [0.4, 0.5) is 5.69 Å². The number of anilines is 1. The number of hydrogen-bond acceptors (Lipinski definition) is 3. The highest BCUT2D eigenvalue weighted by Crippen LogP contribution is 2.36. The average Bonchev–Trinajstić information content (AvgIpc) is 2.77. The molecule has 3 rings (SSSR count). The Balaban J connectivity index is 1.82. The largest absolute Gasteiger partial charge is 0.321 e. The molecular weight excluding hydrogens is 351 g/mol. The Morgan fingerprint density at radius 1 is 1.13 bits per heavy atom. The molecular formula is C17H18Cl2N2OS. The maximum atomic E-state index is 12.5. The smallest absolute Gasteiger partial charge is 0.268 e. The molecule has 1 fully saturated rings. The molecule has 1 heterocycles. The summed E-state index contributed by atoms with van der Waals surface area (Å²) in [7, 11) is 0. The second-order valence-corrected chi connectivity index (χ2v) is 7.36. The molecule has 0 bridgehead atoms. The predicted molar refractivity (Wildman–Crippen MR) is 97.0 cm³/mol. The molecule has 1 saturated carbocycles. The van der Waals surface area contributed by atoms with Gasteiger partial charge in [0.25, 0.3) is 5.91 Å². The van der Waals surface area contributed by atoms with E-state index in [1.807, 2.05) is 18.2 Å². The molecule has 1 aromatic heterocycles.